The average Bonchev–Trinajstić information content (AvgIpc) is 3.21. The molecule has 0 fully saturated rings. The van der Waals surface area contributed by atoms with Crippen LogP contribution in [0.25, 0.3) is 11.6 Å². The summed E-state index contributed by atoms with van der Waals surface area (Å²) in [4.78, 5) is 12.5. The van der Waals surface area contributed by atoms with Crippen molar-refractivity contribution in [2.75, 3.05) is 11.2 Å². The van der Waals surface area contributed by atoms with E-state index in [0.717, 1.165) is 16.8 Å². The van der Waals surface area contributed by atoms with Crippen molar-refractivity contribution in [3.8, 4) is 11.6 Å². The minimum Gasteiger partial charge on any atom is -0.461 e. The molecule has 25 heavy (non-hydrogen) atoms. The molecule has 0 spiro atoms. The number of nitrogens with two attached hydrogens (primary N) is 1. The van der Waals surface area contributed by atoms with E-state index in [1.807, 2.05) is 32.0 Å². The number of hydrogen-bond donors (Lipinski definition) is 2. The van der Waals surface area contributed by atoms with Crippen LogP contribution in [0.15, 0.2) is 46.2 Å². The molecule has 2 aromatic heterocycles. The van der Waals surface area contributed by atoms with Gasteiger partial charge >= 0.3 is 0 Å². The first-order valence-electron chi connectivity index (χ1n) is 7.75. The second kappa shape index (κ2) is 7.02. The molecule has 8 heteroatoms. The van der Waals surface area contributed by atoms with E-state index in [9.17, 15) is 4.79 Å². The van der Waals surface area contributed by atoms with E-state index in [2.05, 4.69) is 15.5 Å². The Morgan fingerprint density at radius 3 is 2.84 bits per heavy atom. The number of thioether (sulfide) groups is 1. The fourth-order valence-electron chi connectivity index (χ4n) is 2.25. The molecular formula is C17H19N5O2S. The third kappa shape index (κ3) is 3.69. The number of carbonyl (C=O) groups excluding carboxylic acids is 1. The van der Waals surface area contributed by atoms with Gasteiger partial charge in [-0.2, -0.15) is 0 Å². The summed E-state index contributed by atoms with van der Waals surface area (Å²) in [6.45, 7) is 5.74. The molecule has 3 N–H and O–H groups in total. The predicted octanol–water partition coefficient (Wildman–Crippen LogP) is 2.99. The van der Waals surface area contributed by atoms with E-state index < -0.39 is 5.25 Å². The zero-order valence-electron chi connectivity index (χ0n) is 14.2. The quantitative estimate of drug-likeness (QED) is 0.538. The Morgan fingerprint density at radius 1 is 1.32 bits per heavy atom. The van der Waals surface area contributed by atoms with Gasteiger partial charge in [0.1, 0.15) is 0 Å². The Bertz CT molecular complexity index is 889. The fourth-order valence-corrected chi connectivity index (χ4v) is 3.02. The van der Waals surface area contributed by atoms with Crippen molar-refractivity contribution in [1.82, 2.24) is 14.9 Å². The number of aryl methyl sites for hydroxylation is 2. The van der Waals surface area contributed by atoms with Crippen molar-refractivity contribution in [2.45, 2.75) is 31.2 Å². The summed E-state index contributed by atoms with van der Waals surface area (Å²) in [6, 6.07) is 9.44. The number of nitrogens with zero attached hydrogens (tertiary/aromatic N) is 3. The monoisotopic (exact) mass is 357 g/mol. The van der Waals surface area contributed by atoms with Crippen LogP contribution in [0.5, 0.6) is 0 Å². The lowest BCUT2D eigenvalue weighted by Crippen LogP contribution is -2.24. The average molecular weight is 357 g/mol. The highest BCUT2D eigenvalue weighted by atomic mass is 32.2. The second-order valence-corrected chi connectivity index (χ2v) is 7.03. The summed E-state index contributed by atoms with van der Waals surface area (Å²) < 4.78 is 6.60. The molecule has 3 rings (SSSR count). The lowest BCUT2D eigenvalue weighted by molar-refractivity contribution is -0.115. The van der Waals surface area contributed by atoms with Crippen LogP contribution in [-0.2, 0) is 4.79 Å². The van der Waals surface area contributed by atoms with Crippen LogP contribution in [0.2, 0.25) is 0 Å². The number of anilines is 1. The van der Waals surface area contributed by atoms with Gasteiger partial charge in [0, 0.05) is 5.69 Å². The van der Waals surface area contributed by atoms with E-state index >= 15 is 0 Å². The molecule has 0 bridgehead atoms. The number of nitrogen functional groups attached to an aromatic ring is 1. The topological polar surface area (TPSA) is 99.0 Å². The van der Waals surface area contributed by atoms with Crippen molar-refractivity contribution in [2.24, 2.45) is 0 Å². The molecule has 0 saturated heterocycles. The number of furan rings is 1. The summed E-state index contributed by atoms with van der Waals surface area (Å²) in [7, 11) is 0. The molecule has 0 aliphatic rings. The number of amides is 1. The lowest BCUT2D eigenvalue weighted by atomic mass is 10.1. The van der Waals surface area contributed by atoms with Crippen molar-refractivity contribution >= 4 is 23.4 Å². The first-order valence-corrected chi connectivity index (χ1v) is 8.63. The maximum absolute atomic E-state index is 12.5. The van der Waals surface area contributed by atoms with Crippen molar-refractivity contribution in [3.05, 3.63) is 47.7 Å². The SMILES string of the molecule is Cc1ccc(C)c(NC(=O)[C@H](C)Sc2nnc(-c3ccco3)n2N)c1. The van der Waals surface area contributed by atoms with Crippen LogP contribution >= 0.6 is 11.8 Å². The third-order valence-electron chi connectivity index (χ3n) is 3.71. The summed E-state index contributed by atoms with van der Waals surface area (Å²) >= 11 is 1.24. The Labute approximate surface area is 149 Å². The molecule has 0 unspecified atom stereocenters. The van der Waals surface area contributed by atoms with Gasteiger partial charge in [0.15, 0.2) is 5.76 Å². The van der Waals surface area contributed by atoms with Gasteiger partial charge in [-0.1, -0.05) is 23.9 Å². The van der Waals surface area contributed by atoms with E-state index in [1.165, 1.54) is 22.7 Å². The number of aromatic nitrogens is 3. The maximum atomic E-state index is 12.5. The zero-order chi connectivity index (χ0) is 18.0. The summed E-state index contributed by atoms with van der Waals surface area (Å²) in [5.74, 6) is 6.83. The van der Waals surface area contributed by atoms with Crippen LogP contribution in [0, 0.1) is 13.8 Å². The first kappa shape index (κ1) is 17.1. The second-order valence-electron chi connectivity index (χ2n) is 5.72. The van der Waals surface area contributed by atoms with Crippen molar-refractivity contribution in [3.63, 3.8) is 0 Å². The van der Waals surface area contributed by atoms with Gasteiger partial charge < -0.3 is 15.6 Å². The molecule has 2 heterocycles. The van der Waals surface area contributed by atoms with Crippen LogP contribution in [-0.4, -0.2) is 26.0 Å². The largest absolute Gasteiger partial charge is 0.461 e. The number of nitrogens with one attached hydrogen (secondary N) is 1. The van der Waals surface area contributed by atoms with Gasteiger partial charge in [0.2, 0.25) is 16.9 Å². The van der Waals surface area contributed by atoms with Gasteiger partial charge in [-0.3, -0.25) is 4.79 Å². The zero-order valence-corrected chi connectivity index (χ0v) is 15.0. The lowest BCUT2D eigenvalue weighted by Gasteiger charge is -2.13. The molecular weight excluding hydrogens is 338 g/mol. The van der Waals surface area contributed by atoms with Crippen LogP contribution < -0.4 is 11.2 Å². The van der Waals surface area contributed by atoms with Crippen molar-refractivity contribution < 1.29 is 9.21 Å². The fraction of sp³-hybridized carbons (Fsp3) is 0.235. The summed E-state index contributed by atoms with van der Waals surface area (Å²) in [5, 5.41) is 11.1. The molecule has 0 aliphatic heterocycles. The molecule has 1 amide bonds. The molecule has 0 radical (unpaired) electrons. The minimum absolute atomic E-state index is 0.124. The predicted molar refractivity (Wildman–Crippen MR) is 97.7 cm³/mol. The van der Waals surface area contributed by atoms with E-state index in [1.54, 1.807) is 19.1 Å². The molecule has 7 nitrogen and oxygen atoms in total. The number of benzene rings is 1. The normalized spacial score (nSPS) is 12.1. The standard InChI is InChI=1S/C17H19N5O2S/c1-10-6-7-11(2)13(9-10)19-16(23)12(3)25-17-21-20-15(22(17)18)14-5-4-8-24-14/h4-9,12H,18H2,1-3H3,(H,19,23)/t12-/m0/s1. The Hall–Kier alpha value is -2.74. The molecule has 3 aromatic rings. The van der Waals surface area contributed by atoms with E-state index in [4.69, 9.17) is 10.3 Å². The van der Waals surface area contributed by atoms with Crippen LogP contribution in [0.1, 0.15) is 18.1 Å². The highest BCUT2D eigenvalue weighted by Gasteiger charge is 2.21. The van der Waals surface area contributed by atoms with Gasteiger partial charge in [-0.25, -0.2) is 4.68 Å². The third-order valence-corrected chi connectivity index (χ3v) is 4.77. The smallest absolute Gasteiger partial charge is 0.237 e. The molecule has 0 saturated carbocycles. The first-order chi connectivity index (χ1) is 12.0. The summed E-state index contributed by atoms with van der Waals surface area (Å²) in [5.41, 5.74) is 2.91. The van der Waals surface area contributed by atoms with Crippen molar-refractivity contribution in [1.29, 1.82) is 0 Å². The highest BCUT2D eigenvalue weighted by molar-refractivity contribution is 8.00. The van der Waals surface area contributed by atoms with Crippen LogP contribution in [0.4, 0.5) is 5.69 Å². The van der Waals surface area contributed by atoms with Crippen LogP contribution in [0.3, 0.4) is 0 Å². The maximum Gasteiger partial charge on any atom is 0.237 e. The van der Waals surface area contributed by atoms with Gasteiger partial charge in [0.05, 0.1) is 11.5 Å². The molecule has 1 aromatic carbocycles. The Balaban J connectivity index is 1.71. The Morgan fingerprint density at radius 2 is 2.12 bits per heavy atom. The highest BCUT2D eigenvalue weighted by Crippen LogP contribution is 2.26. The van der Waals surface area contributed by atoms with Gasteiger partial charge in [-0.05, 0) is 50.1 Å². The molecule has 1 atom stereocenters. The number of hydrogen-bond acceptors (Lipinski definition) is 6. The van der Waals surface area contributed by atoms with Gasteiger partial charge in [-0.15, -0.1) is 10.2 Å². The molecule has 0 aliphatic carbocycles. The Kier molecular flexibility index (Phi) is 4.80. The van der Waals surface area contributed by atoms with Gasteiger partial charge in [0.25, 0.3) is 0 Å². The molecule has 130 valence electrons. The van der Waals surface area contributed by atoms with E-state index in [-0.39, 0.29) is 5.91 Å². The number of carbonyl (C=O) groups is 1. The van der Waals surface area contributed by atoms with E-state index in [0.29, 0.717) is 16.7 Å². The minimum atomic E-state index is -0.393. The number of rotatable bonds is 5. The summed E-state index contributed by atoms with van der Waals surface area (Å²) in [6.07, 6.45) is 1.54.